The van der Waals surface area contributed by atoms with Gasteiger partial charge in [0.05, 0.1) is 28.1 Å². The van der Waals surface area contributed by atoms with E-state index in [1.165, 1.54) is 21.8 Å². The van der Waals surface area contributed by atoms with Gasteiger partial charge in [-0.2, -0.15) is 5.26 Å². The summed E-state index contributed by atoms with van der Waals surface area (Å²) in [7, 11) is 0. The third-order valence-electron chi connectivity index (χ3n) is 5.92. The second kappa shape index (κ2) is 7.74. The van der Waals surface area contributed by atoms with E-state index in [0.29, 0.717) is 5.69 Å². The largest absolute Gasteiger partial charge is 0.309 e. The number of nitrogens with zero attached hydrogens (tertiary/aromatic N) is 4. The zero-order valence-corrected chi connectivity index (χ0v) is 17.7. The van der Waals surface area contributed by atoms with Gasteiger partial charge in [-0.05, 0) is 42.5 Å². The number of pyridine rings is 2. The van der Waals surface area contributed by atoms with E-state index in [0.717, 1.165) is 28.2 Å². The third-order valence-corrected chi connectivity index (χ3v) is 5.92. The molecule has 154 valence electrons. The molecule has 0 radical (unpaired) electrons. The van der Waals surface area contributed by atoms with Crippen molar-refractivity contribution in [3.05, 3.63) is 115 Å². The summed E-state index contributed by atoms with van der Waals surface area (Å²) in [5.41, 5.74) is 7.44. The Morgan fingerprint density at radius 2 is 1.30 bits per heavy atom. The van der Waals surface area contributed by atoms with Gasteiger partial charge in [0.1, 0.15) is 11.8 Å². The van der Waals surface area contributed by atoms with Crippen LogP contribution in [-0.2, 0) is 0 Å². The van der Waals surface area contributed by atoms with E-state index in [2.05, 4.69) is 82.4 Å². The molecule has 0 amide bonds. The monoisotopic (exact) mass is 422 g/mol. The molecule has 0 N–H and O–H groups in total. The summed E-state index contributed by atoms with van der Waals surface area (Å²) >= 11 is 0. The summed E-state index contributed by atoms with van der Waals surface area (Å²) in [5, 5.41) is 11.5. The smallest absolute Gasteiger partial charge is 0.140 e. The van der Waals surface area contributed by atoms with Crippen molar-refractivity contribution in [1.82, 2.24) is 14.5 Å². The number of hydrogen-bond donors (Lipinski definition) is 0. The first-order valence-electron chi connectivity index (χ1n) is 10.7. The molecule has 0 aliphatic rings. The van der Waals surface area contributed by atoms with Crippen LogP contribution in [0, 0.1) is 11.3 Å². The predicted molar refractivity (Wildman–Crippen MR) is 132 cm³/mol. The average Bonchev–Trinajstić information content (AvgIpc) is 3.23. The van der Waals surface area contributed by atoms with Gasteiger partial charge in [-0.25, -0.2) is 9.97 Å². The lowest BCUT2D eigenvalue weighted by atomic mass is 10.1. The van der Waals surface area contributed by atoms with Crippen molar-refractivity contribution in [2.75, 3.05) is 0 Å². The molecule has 0 aliphatic heterocycles. The SMILES string of the molecule is N#Cc1ccc(-c2cccc(-c3ccccc3-n3c4ccccc4c4ccccc43)n2)cn1. The normalized spacial score (nSPS) is 11.0. The zero-order valence-electron chi connectivity index (χ0n) is 17.7. The Morgan fingerprint density at radius 1 is 0.636 bits per heavy atom. The van der Waals surface area contributed by atoms with E-state index in [-0.39, 0.29) is 0 Å². The summed E-state index contributed by atoms with van der Waals surface area (Å²) in [4.78, 5) is 9.16. The fourth-order valence-electron chi connectivity index (χ4n) is 4.42. The van der Waals surface area contributed by atoms with Crippen molar-refractivity contribution in [2.45, 2.75) is 0 Å². The van der Waals surface area contributed by atoms with Gasteiger partial charge in [0.15, 0.2) is 0 Å². The van der Waals surface area contributed by atoms with Crippen LogP contribution in [0.3, 0.4) is 0 Å². The molecule has 0 spiro atoms. The van der Waals surface area contributed by atoms with Crippen molar-refractivity contribution >= 4 is 21.8 Å². The lowest BCUT2D eigenvalue weighted by Gasteiger charge is -2.14. The lowest BCUT2D eigenvalue weighted by Crippen LogP contribution is -1.98. The molecule has 3 aromatic carbocycles. The van der Waals surface area contributed by atoms with Gasteiger partial charge in [-0.15, -0.1) is 0 Å². The minimum atomic E-state index is 0.395. The highest BCUT2D eigenvalue weighted by molar-refractivity contribution is 6.09. The number of benzene rings is 3. The number of para-hydroxylation sites is 3. The van der Waals surface area contributed by atoms with Gasteiger partial charge in [0, 0.05) is 28.1 Å². The van der Waals surface area contributed by atoms with Crippen LogP contribution < -0.4 is 0 Å². The molecule has 0 saturated heterocycles. The van der Waals surface area contributed by atoms with Crippen LogP contribution >= 0.6 is 0 Å². The molecule has 4 nitrogen and oxygen atoms in total. The number of nitriles is 1. The molecule has 3 aromatic heterocycles. The van der Waals surface area contributed by atoms with Crippen molar-refractivity contribution in [1.29, 1.82) is 5.26 Å². The van der Waals surface area contributed by atoms with E-state index >= 15 is 0 Å². The molecule has 33 heavy (non-hydrogen) atoms. The second-order valence-electron chi connectivity index (χ2n) is 7.84. The van der Waals surface area contributed by atoms with E-state index < -0.39 is 0 Å². The highest BCUT2D eigenvalue weighted by atomic mass is 15.0. The fraction of sp³-hybridized carbons (Fsp3) is 0. The summed E-state index contributed by atoms with van der Waals surface area (Å²) in [5.74, 6) is 0. The van der Waals surface area contributed by atoms with Crippen LogP contribution in [0.1, 0.15) is 5.69 Å². The summed E-state index contributed by atoms with van der Waals surface area (Å²) in [6, 6.07) is 37.1. The zero-order chi connectivity index (χ0) is 22.2. The predicted octanol–water partition coefficient (Wildman–Crippen LogP) is 6.78. The molecule has 0 fully saturated rings. The molecule has 0 unspecified atom stereocenters. The molecule has 0 bridgehead atoms. The Hall–Kier alpha value is -4.75. The molecule has 3 heterocycles. The van der Waals surface area contributed by atoms with Crippen LogP contribution in [0.4, 0.5) is 0 Å². The Kier molecular flexibility index (Phi) is 4.45. The van der Waals surface area contributed by atoms with Crippen LogP contribution in [-0.4, -0.2) is 14.5 Å². The lowest BCUT2D eigenvalue weighted by molar-refractivity contribution is 1.17. The van der Waals surface area contributed by atoms with Gasteiger partial charge in [-0.3, -0.25) is 0 Å². The van der Waals surface area contributed by atoms with E-state index in [1.807, 2.05) is 30.3 Å². The first-order chi connectivity index (χ1) is 16.3. The maximum atomic E-state index is 9.03. The number of hydrogen-bond acceptors (Lipinski definition) is 3. The van der Waals surface area contributed by atoms with Crippen LogP contribution in [0.15, 0.2) is 109 Å². The first kappa shape index (κ1) is 19.0. The van der Waals surface area contributed by atoms with Crippen LogP contribution in [0.2, 0.25) is 0 Å². The van der Waals surface area contributed by atoms with Gasteiger partial charge in [0.25, 0.3) is 0 Å². The topological polar surface area (TPSA) is 54.5 Å². The highest BCUT2D eigenvalue weighted by Gasteiger charge is 2.15. The molecular formula is C29H18N4. The minimum absolute atomic E-state index is 0.395. The Balaban J connectivity index is 1.57. The molecule has 0 atom stereocenters. The summed E-state index contributed by atoms with van der Waals surface area (Å²) in [6.45, 7) is 0. The summed E-state index contributed by atoms with van der Waals surface area (Å²) in [6.07, 6.45) is 1.70. The van der Waals surface area contributed by atoms with Crippen molar-refractivity contribution < 1.29 is 0 Å². The molecular weight excluding hydrogens is 404 g/mol. The van der Waals surface area contributed by atoms with Gasteiger partial charge in [0.2, 0.25) is 0 Å². The van der Waals surface area contributed by atoms with Crippen molar-refractivity contribution in [3.8, 4) is 34.3 Å². The highest BCUT2D eigenvalue weighted by Crippen LogP contribution is 2.35. The molecule has 0 saturated carbocycles. The van der Waals surface area contributed by atoms with Gasteiger partial charge >= 0.3 is 0 Å². The second-order valence-corrected chi connectivity index (χ2v) is 7.84. The number of aromatic nitrogens is 3. The Labute approximate surface area is 191 Å². The van der Waals surface area contributed by atoms with E-state index in [1.54, 1.807) is 12.3 Å². The fourth-order valence-corrected chi connectivity index (χ4v) is 4.42. The standard InChI is InChI=1S/C29H18N4/c30-18-21-17-16-20(19-31-21)25-11-7-12-26(32-25)24-10-3-6-15-29(24)33-27-13-4-1-8-22(27)23-9-2-5-14-28(23)33/h1-17,19H. The maximum Gasteiger partial charge on any atom is 0.140 e. The van der Waals surface area contributed by atoms with Gasteiger partial charge < -0.3 is 4.57 Å². The van der Waals surface area contributed by atoms with Crippen LogP contribution in [0.25, 0.3) is 50.0 Å². The summed E-state index contributed by atoms with van der Waals surface area (Å²) < 4.78 is 2.32. The van der Waals surface area contributed by atoms with E-state index in [4.69, 9.17) is 10.2 Å². The Morgan fingerprint density at radius 3 is 2.00 bits per heavy atom. The number of fused-ring (bicyclic) bond motifs is 3. The maximum absolute atomic E-state index is 9.03. The van der Waals surface area contributed by atoms with Crippen molar-refractivity contribution in [2.24, 2.45) is 0 Å². The third kappa shape index (κ3) is 3.15. The van der Waals surface area contributed by atoms with E-state index in [9.17, 15) is 0 Å². The number of rotatable bonds is 3. The Bertz CT molecular complexity index is 1620. The van der Waals surface area contributed by atoms with Crippen LogP contribution in [0.5, 0.6) is 0 Å². The molecule has 4 heteroatoms. The quantitative estimate of drug-likeness (QED) is 0.316. The molecule has 0 aliphatic carbocycles. The molecule has 6 aromatic rings. The molecule has 6 rings (SSSR count). The first-order valence-corrected chi connectivity index (χ1v) is 10.7. The minimum Gasteiger partial charge on any atom is -0.309 e. The van der Waals surface area contributed by atoms with Crippen molar-refractivity contribution in [3.63, 3.8) is 0 Å². The average molecular weight is 422 g/mol. The van der Waals surface area contributed by atoms with Gasteiger partial charge in [-0.1, -0.05) is 60.7 Å².